The van der Waals surface area contributed by atoms with E-state index in [4.69, 9.17) is 0 Å². The Kier molecular flexibility index (Phi) is 3.67. The zero-order chi connectivity index (χ0) is 14.8. The topological polar surface area (TPSA) is 66.9 Å². The molecule has 0 unspecified atom stereocenters. The molecule has 0 radical (unpaired) electrons. The summed E-state index contributed by atoms with van der Waals surface area (Å²) < 4.78 is 1.67. The van der Waals surface area contributed by atoms with Gasteiger partial charge < -0.3 is 0 Å². The number of nitrogens with zero attached hydrogens (tertiary/aromatic N) is 5. The molecule has 0 fully saturated rings. The van der Waals surface area contributed by atoms with Crippen molar-refractivity contribution in [1.29, 1.82) is 5.26 Å². The lowest BCUT2D eigenvalue weighted by molar-refractivity contribution is 0.625. The molecule has 3 heterocycles. The van der Waals surface area contributed by atoms with Gasteiger partial charge >= 0.3 is 0 Å². The fourth-order valence-corrected chi connectivity index (χ4v) is 3.54. The van der Waals surface area contributed by atoms with E-state index in [2.05, 4.69) is 35.0 Å². The first-order chi connectivity index (χ1) is 10.3. The Morgan fingerprint density at radius 3 is 2.62 bits per heavy atom. The van der Waals surface area contributed by atoms with E-state index in [-0.39, 0.29) is 0 Å². The molecule has 0 aliphatic carbocycles. The maximum absolute atomic E-state index is 9.47. The fourth-order valence-electron chi connectivity index (χ4n) is 2.38. The molecular weight excluding hydrogens is 282 g/mol. The first-order valence-electron chi connectivity index (χ1n) is 6.98. The molecule has 0 N–H and O–H groups in total. The molecule has 0 aliphatic rings. The number of nitriles is 1. The van der Waals surface area contributed by atoms with Crippen LogP contribution in [0.15, 0.2) is 24.5 Å². The van der Waals surface area contributed by atoms with Crippen LogP contribution in [0.2, 0.25) is 0 Å². The summed E-state index contributed by atoms with van der Waals surface area (Å²) in [5.41, 5.74) is 2.06. The summed E-state index contributed by atoms with van der Waals surface area (Å²) in [6.07, 6.45) is 5.50. The molecule has 6 heteroatoms. The van der Waals surface area contributed by atoms with Crippen LogP contribution in [0.5, 0.6) is 0 Å². The van der Waals surface area contributed by atoms with Crippen LogP contribution in [0.25, 0.3) is 16.2 Å². The van der Waals surface area contributed by atoms with E-state index in [9.17, 15) is 5.26 Å². The Morgan fingerprint density at radius 2 is 2.00 bits per heavy atom. The summed E-state index contributed by atoms with van der Waals surface area (Å²) in [4.78, 5) is 9.37. The number of hydrogen-bond donors (Lipinski definition) is 0. The Labute approximate surface area is 126 Å². The molecule has 0 bridgehead atoms. The van der Waals surface area contributed by atoms with Crippen molar-refractivity contribution >= 4 is 16.3 Å². The van der Waals surface area contributed by atoms with Crippen molar-refractivity contribution in [2.45, 2.75) is 32.6 Å². The maximum atomic E-state index is 9.47. The van der Waals surface area contributed by atoms with E-state index in [0.29, 0.717) is 17.3 Å². The van der Waals surface area contributed by atoms with E-state index < -0.39 is 0 Å². The minimum absolute atomic E-state index is 0.438. The van der Waals surface area contributed by atoms with Gasteiger partial charge in [0.25, 0.3) is 0 Å². The van der Waals surface area contributed by atoms with E-state index in [1.54, 1.807) is 28.2 Å². The molecular formula is C15H15N5S. The highest BCUT2D eigenvalue weighted by Gasteiger charge is 2.20. The molecule has 0 spiro atoms. The van der Waals surface area contributed by atoms with Crippen LogP contribution in [0.1, 0.15) is 43.3 Å². The molecule has 3 rings (SSSR count). The smallest absolute Gasteiger partial charge is 0.214 e. The number of fused-ring (bicyclic) bond motifs is 1. The number of pyridine rings is 1. The predicted octanol–water partition coefficient (Wildman–Crippen LogP) is 3.63. The third-order valence-electron chi connectivity index (χ3n) is 3.61. The molecule has 0 aliphatic heterocycles. The third kappa shape index (κ3) is 2.30. The second kappa shape index (κ2) is 5.62. The molecule has 106 valence electrons. The van der Waals surface area contributed by atoms with Crippen molar-refractivity contribution in [2.75, 3.05) is 0 Å². The Morgan fingerprint density at radius 1 is 1.29 bits per heavy atom. The van der Waals surface area contributed by atoms with Crippen molar-refractivity contribution < 1.29 is 0 Å². The molecule has 3 aromatic heterocycles. The minimum atomic E-state index is 0.438. The lowest BCUT2D eigenvalue weighted by Crippen LogP contribution is -1.97. The van der Waals surface area contributed by atoms with Crippen molar-refractivity contribution in [3.8, 4) is 17.3 Å². The maximum Gasteiger partial charge on any atom is 0.214 e. The van der Waals surface area contributed by atoms with Gasteiger partial charge in [-0.25, -0.2) is 4.98 Å². The number of imidazole rings is 1. The van der Waals surface area contributed by atoms with Gasteiger partial charge in [0.05, 0.1) is 0 Å². The fraction of sp³-hybridized carbons (Fsp3) is 0.333. The Hall–Kier alpha value is -2.26. The molecule has 0 amide bonds. The van der Waals surface area contributed by atoms with Gasteiger partial charge in [0.15, 0.2) is 5.69 Å². The van der Waals surface area contributed by atoms with Gasteiger partial charge in [0, 0.05) is 23.9 Å². The van der Waals surface area contributed by atoms with Gasteiger partial charge in [0.2, 0.25) is 4.96 Å². The molecule has 5 nitrogen and oxygen atoms in total. The summed E-state index contributed by atoms with van der Waals surface area (Å²) in [5, 5.41) is 15.1. The van der Waals surface area contributed by atoms with Gasteiger partial charge in [-0.2, -0.15) is 14.9 Å². The highest BCUT2D eigenvalue weighted by atomic mass is 32.1. The highest BCUT2D eigenvalue weighted by Crippen LogP contribution is 2.31. The summed E-state index contributed by atoms with van der Waals surface area (Å²) in [6.45, 7) is 4.32. The van der Waals surface area contributed by atoms with Gasteiger partial charge in [-0.15, -0.1) is 0 Å². The van der Waals surface area contributed by atoms with Crippen LogP contribution in [-0.2, 0) is 0 Å². The van der Waals surface area contributed by atoms with Crippen molar-refractivity contribution in [2.24, 2.45) is 0 Å². The lowest BCUT2D eigenvalue weighted by atomic mass is 10.1. The molecule has 0 aromatic carbocycles. The van der Waals surface area contributed by atoms with Crippen LogP contribution in [0.3, 0.4) is 0 Å². The number of hydrogen-bond acceptors (Lipinski definition) is 5. The van der Waals surface area contributed by atoms with E-state index in [1.165, 1.54) is 0 Å². The molecule has 0 saturated carbocycles. The molecule has 0 atom stereocenters. The zero-order valence-corrected chi connectivity index (χ0v) is 12.8. The Balaban J connectivity index is 2.14. The summed E-state index contributed by atoms with van der Waals surface area (Å²) in [7, 11) is 0. The second-order valence-electron chi connectivity index (χ2n) is 4.80. The SMILES string of the molecule is CCC(CC)c1nn2c(C#N)c(-c3ccncc3)nc2s1. The molecule has 21 heavy (non-hydrogen) atoms. The van der Waals surface area contributed by atoms with E-state index >= 15 is 0 Å². The second-order valence-corrected chi connectivity index (χ2v) is 5.79. The largest absolute Gasteiger partial charge is 0.265 e. The van der Waals surface area contributed by atoms with Crippen LogP contribution in [-0.4, -0.2) is 19.6 Å². The molecule has 3 aromatic rings. The predicted molar refractivity (Wildman–Crippen MR) is 82.1 cm³/mol. The zero-order valence-electron chi connectivity index (χ0n) is 11.9. The van der Waals surface area contributed by atoms with Crippen LogP contribution in [0.4, 0.5) is 0 Å². The first-order valence-corrected chi connectivity index (χ1v) is 7.80. The Bertz CT molecular complexity index is 793. The van der Waals surface area contributed by atoms with Crippen LogP contribution < -0.4 is 0 Å². The van der Waals surface area contributed by atoms with Gasteiger partial charge in [0.1, 0.15) is 16.8 Å². The monoisotopic (exact) mass is 297 g/mol. The standard InChI is InChI=1S/C15H15N5S/c1-3-10(4-2)14-19-20-12(9-16)13(18-15(20)21-14)11-5-7-17-8-6-11/h5-8,10H,3-4H2,1-2H3. The third-order valence-corrected chi connectivity index (χ3v) is 4.68. The van der Waals surface area contributed by atoms with Gasteiger partial charge in [-0.3, -0.25) is 4.98 Å². The average Bonchev–Trinajstić information content (AvgIpc) is 3.06. The van der Waals surface area contributed by atoms with Crippen molar-refractivity contribution in [3.63, 3.8) is 0 Å². The first kappa shape index (κ1) is 13.7. The van der Waals surface area contributed by atoms with Crippen molar-refractivity contribution in [3.05, 3.63) is 35.2 Å². The summed E-state index contributed by atoms with van der Waals surface area (Å²) in [6, 6.07) is 5.94. The normalized spacial score (nSPS) is 11.1. The van der Waals surface area contributed by atoms with Gasteiger partial charge in [-0.1, -0.05) is 25.2 Å². The van der Waals surface area contributed by atoms with Crippen LogP contribution >= 0.6 is 11.3 Å². The minimum Gasteiger partial charge on any atom is -0.265 e. The highest BCUT2D eigenvalue weighted by molar-refractivity contribution is 7.16. The van der Waals surface area contributed by atoms with E-state index in [0.717, 1.165) is 28.4 Å². The van der Waals surface area contributed by atoms with Crippen LogP contribution in [0, 0.1) is 11.3 Å². The van der Waals surface area contributed by atoms with E-state index in [1.807, 2.05) is 12.1 Å². The van der Waals surface area contributed by atoms with Gasteiger partial charge in [-0.05, 0) is 25.0 Å². The molecule has 0 saturated heterocycles. The number of aromatic nitrogens is 4. The van der Waals surface area contributed by atoms with Crippen molar-refractivity contribution in [1.82, 2.24) is 19.6 Å². The summed E-state index contributed by atoms with van der Waals surface area (Å²) >= 11 is 1.57. The average molecular weight is 297 g/mol. The summed E-state index contributed by atoms with van der Waals surface area (Å²) in [5.74, 6) is 0.438. The lowest BCUT2D eigenvalue weighted by Gasteiger charge is -2.06. The number of rotatable bonds is 4. The quantitative estimate of drug-likeness (QED) is 0.737.